The fourth-order valence-corrected chi connectivity index (χ4v) is 2.91. The van der Waals surface area contributed by atoms with Crippen molar-refractivity contribution in [2.75, 3.05) is 0 Å². The van der Waals surface area contributed by atoms with Crippen molar-refractivity contribution in [3.8, 4) is 0 Å². The van der Waals surface area contributed by atoms with Crippen LogP contribution in [0.1, 0.15) is 31.0 Å². The fraction of sp³-hybridized carbons (Fsp3) is 0.308. The molecule has 0 amide bonds. The molecule has 96 valence electrons. The van der Waals surface area contributed by atoms with Crippen molar-refractivity contribution in [2.45, 2.75) is 30.4 Å². The van der Waals surface area contributed by atoms with E-state index >= 15 is 0 Å². The number of hydrogen-bond donors (Lipinski definition) is 0. The lowest BCUT2D eigenvalue weighted by Crippen LogP contribution is -2.05. The van der Waals surface area contributed by atoms with Gasteiger partial charge in [-0.2, -0.15) is 0 Å². The van der Waals surface area contributed by atoms with E-state index in [0.29, 0.717) is 16.5 Å². The topological polar surface area (TPSA) is 60.2 Å². The predicted octanol–water partition coefficient (Wildman–Crippen LogP) is 2.77. The average molecular weight is 265 g/mol. The van der Waals surface area contributed by atoms with Gasteiger partial charge in [0.2, 0.25) is 0 Å². The van der Waals surface area contributed by atoms with Gasteiger partial charge < -0.3 is 4.52 Å². The zero-order chi connectivity index (χ0) is 13.2. The molecule has 0 saturated carbocycles. The van der Waals surface area contributed by atoms with Gasteiger partial charge in [0.1, 0.15) is 12.0 Å². The average Bonchev–Trinajstić information content (AvgIpc) is 2.81. The molecule has 2 rings (SSSR count). The lowest BCUT2D eigenvalue weighted by Gasteiger charge is -2.07. The molecule has 0 bridgehead atoms. The van der Waals surface area contributed by atoms with Crippen molar-refractivity contribution in [3.05, 3.63) is 47.9 Å². The third kappa shape index (κ3) is 2.79. The van der Waals surface area contributed by atoms with Gasteiger partial charge in [-0.1, -0.05) is 31.1 Å². The molecular weight excluding hydrogens is 250 g/mol. The highest BCUT2D eigenvalue weighted by Gasteiger charge is 2.17. The molecule has 0 N–H and O–H groups in total. The van der Waals surface area contributed by atoms with Crippen LogP contribution in [0.4, 0.5) is 0 Å². The molecule has 0 spiro atoms. The van der Waals surface area contributed by atoms with Crippen LogP contribution in [-0.2, 0) is 15.6 Å². The number of rotatable bonds is 4. The molecule has 0 atom stereocenters. The molecule has 0 aliphatic heterocycles. The Morgan fingerprint density at radius 3 is 2.33 bits per heavy atom. The van der Waals surface area contributed by atoms with Crippen molar-refractivity contribution in [1.82, 2.24) is 5.16 Å². The summed E-state index contributed by atoms with van der Waals surface area (Å²) < 4.78 is 28.8. The summed E-state index contributed by atoms with van der Waals surface area (Å²) in [5, 5.41) is 3.62. The molecule has 4 nitrogen and oxygen atoms in total. The second-order valence-corrected chi connectivity index (χ2v) is 6.46. The third-order valence-electron chi connectivity index (χ3n) is 2.74. The van der Waals surface area contributed by atoms with Gasteiger partial charge in [-0.15, -0.1) is 0 Å². The fourth-order valence-electron chi connectivity index (χ4n) is 1.65. The Balaban J connectivity index is 2.25. The Bertz CT molecular complexity index is 598. The highest BCUT2D eigenvalue weighted by molar-refractivity contribution is 7.90. The highest BCUT2D eigenvalue weighted by atomic mass is 32.2. The van der Waals surface area contributed by atoms with Crippen LogP contribution in [0, 0.1) is 0 Å². The van der Waals surface area contributed by atoms with Gasteiger partial charge in [-0.25, -0.2) is 8.42 Å². The summed E-state index contributed by atoms with van der Waals surface area (Å²) in [6, 6.07) is 8.54. The monoisotopic (exact) mass is 265 g/mol. The van der Waals surface area contributed by atoms with E-state index in [2.05, 4.69) is 23.5 Å². The van der Waals surface area contributed by atoms with Gasteiger partial charge in [-0.3, -0.25) is 0 Å². The normalized spacial score (nSPS) is 11.9. The van der Waals surface area contributed by atoms with Crippen LogP contribution in [0.5, 0.6) is 0 Å². The van der Waals surface area contributed by atoms with E-state index in [1.165, 1.54) is 6.26 Å². The maximum Gasteiger partial charge on any atom is 0.184 e. The number of sulfone groups is 1. The largest absolute Gasteiger partial charge is 0.364 e. The molecule has 0 aliphatic carbocycles. The molecule has 1 aromatic carbocycles. The number of nitrogens with zero attached hydrogens (tertiary/aromatic N) is 1. The van der Waals surface area contributed by atoms with Crippen molar-refractivity contribution < 1.29 is 12.9 Å². The number of aromatic nitrogens is 1. The molecule has 0 aliphatic rings. The highest BCUT2D eigenvalue weighted by Crippen LogP contribution is 2.19. The zero-order valence-electron chi connectivity index (χ0n) is 10.3. The summed E-state index contributed by atoms with van der Waals surface area (Å²) >= 11 is 0. The first kappa shape index (κ1) is 12.8. The number of hydrogen-bond acceptors (Lipinski definition) is 4. The summed E-state index contributed by atoms with van der Waals surface area (Å²) in [6.45, 7) is 4.14. The van der Waals surface area contributed by atoms with Crippen molar-refractivity contribution in [3.63, 3.8) is 0 Å². The smallest absolute Gasteiger partial charge is 0.184 e. The van der Waals surface area contributed by atoms with Crippen molar-refractivity contribution >= 4 is 9.84 Å². The predicted molar refractivity (Wildman–Crippen MR) is 67.9 cm³/mol. The molecule has 0 fully saturated rings. The van der Waals surface area contributed by atoms with Crippen molar-refractivity contribution in [1.29, 1.82) is 0 Å². The van der Waals surface area contributed by atoms with Crippen LogP contribution in [0.3, 0.4) is 0 Å². The molecule has 0 saturated heterocycles. The van der Waals surface area contributed by atoms with E-state index in [9.17, 15) is 8.42 Å². The summed E-state index contributed by atoms with van der Waals surface area (Å²) in [6.07, 6.45) is 1.37. The van der Waals surface area contributed by atoms with E-state index < -0.39 is 9.84 Å². The Kier molecular flexibility index (Phi) is 3.52. The Morgan fingerprint density at radius 2 is 1.83 bits per heavy atom. The molecule has 5 heteroatoms. The second-order valence-electron chi connectivity index (χ2n) is 4.47. The van der Waals surface area contributed by atoms with Crippen LogP contribution in [0.25, 0.3) is 0 Å². The van der Waals surface area contributed by atoms with Crippen LogP contribution in [0.15, 0.2) is 46.0 Å². The van der Waals surface area contributed by atoms with Crippen LogP contribution < -0.4 is 0 Å². The van der Waals surface area contributed by atoms with Gasteiger partial charge in [0.15, 0.2) is 9.84 Å². The number of benzene rings is 1. The summed E-state index contributed by atoms with van der Waals surface area (Å²) in [5.41, 5.74) is 1.54. The van der Waals surface area contributed by atoms with Gasteiger partial charge in [0, 0.05) is 6.07 Å². The van der Waals surface area contributed by atoms with Crippen LogP contribution >= 0.6 is 0 Å². The van der Waals surface area contributed by atoms with E-state index in [1.807, 2.05) is 12.1 Å². The lowest BCUT2D eigenvalue weighted by atomic mass is 10.0. The summed E-state index contributed by atoms with van der Waals surface area (Å²) in [4.78, 5) is 0.315. The summed E-state index contributed by atoms with van der Waals surface area (Å²) in [5.74, 6) is 0.252. The van der Waals surface area contributed by atoms with Gasteiger partial charge >= 0.3 is 0 Å². The van der Waals surface area contributed by atoms with Gasteiger partial charge in [0.25, 0.3) is 0 Å². The van der Waals surface area contributed by atoms with E-state index in [0.717, 1.165) is 5.56 Å². The second kappa shape index (κ2) is 4.94. The maximum atomic E-state index is 12.1. The minimum Gasteiger partial charge on any atom is -0.364 e. The standard InChI is InChI=1S/C13H15NO3S/c1-10(2)11-3-5-13(6-4-11)18(15,16)9-12-7-8-17-14-12/h3-8,10H,9H2,1-2H3. The quantitative estimate of drug-likeness (QED) is 0.852. The lowest BCUT2D eigenvalue weighted by molar-refractivity contribution is 0.413. The molecule has 0 radical (unpaired) electrons. The van der Waals surface area contributed by atoms with Crippen molar-refractivity contribution in [2.24, 2.45) is 0 Å². The molecule has 18 heavy (non-hydrogen) atoms. The van der Waals surface area contributed by atoms with Gasteiger partial charge in [0.05, 0.1) is 10.6 Å². The first-order valence-corrected chi connectivity index (χ1v) is 7.36. The Labute approximate surface area is 107 Å². The molecule has 1 aromatic heterocycles. The molecular formula is C13H15NO3S. The first-order valence-electron chi connectivity index (χ1n) is 5.71. The zero-order valence-corrected chi connectivity index (χ0v) is 11.1. The third-order valence-corrected chi connectivity index (χ3v) is 4.40. The van der Waals surface area contributed by atoms with E-state index in [4.69, 9.17) is 0 Å². The Morgan fingerprint density at radius 1 is 1.17 bits per heavy atom. The molecule has 1 heterocycles. The summed E-state index contributed by atoms with van der Waals surface area (Å²) in [7, 11) is -3.35. The Hall–Kier alpha value is -1.62. The van der Waals surface area contributed by atoms with Crippen LogP contribution in [0.2, 0.25) is 0 Å². The van der Waals surface area contributed by atoms with E-state index in [-0.39, 0.29) is 5.75 Å². The maximum absolute atomic E-state index is 12.1. The first-order chi connectivity index (χ1) is 8.49. The molecule has 0 unspecified atom stereocenters. The SMILES string of the molecule is CC(C)c1ccc(S(=O)(=O)Cc2ccon2)cc1. The minimum atomic E-state index is -3.35. The van der Waals surface area contributed by atoms with Gasteiger partial charge in [-0.05, 0) is 23.6 Å². The minimum absolute atomic E-state index is 0.134. The van der Waals surface area contributed by atoms with E-state index in [1.54, 1.807) is 18.2 Å². The van der Waals surface area contributed by atoms with Crippen LogP contribution in [-0.4, -0.2) is 13.6 Å². The molecule has 2 aromatic rings.